The van der Waals surface area contributed by atoms with Crippen molar-refractivity contribution in [2.24, 2.45) is 5.92 Å². The molecule has 11 heteroatoms. The predicted molar refractivity (Wildman–Crippen MR) is 162 cm³/mol. The molecule has 1 aromatic carbocycles. The molecule has 1 saturated heterocycles. The zero-order chi connectivity index (χ0) is 29.9. The lowest BCUT2D eigenvalue weighted by molar-refractivity contribution is -0.128. The number of likely N-dealkylation sites (N-methyl/N-ethyl adjacent to an activating group) is 1. The highest BCUT2D eigenvalue weighted by Crippen LogP contribution is 2.39. The van der Waals surface area contributed by atoms with Crippen LogP contribution in [0.4, 0.5) is 11.5 Å². The number of nitrogens with zero attached hydrogens (tertiary/aromatic N) is 8. The van der Waals surface area contributed by atoms with E-state index in [9.17, 15) is 10.1 Å². The summed E-state index contributed by atoms with van der Waals surface area (Å²) < 4.78 is 6.39. The van der Waals surface area contributed by atoms with Gasteiger partial charge < -0.3 is 29.2 Å². The number of hydrogen-bond acceptors (Lipinski definition) is 8. The van der Waals surface area contributed by atoms with Crippen molar-refractivity contribution in [3.63, 3.8) is 0 Å². The fourth-order valence-electron chi connectivity index (χ4n) is 6.43. The minimum Gasteiger partial charge on any atom is -0.461 e. The molecule has 1 amide bonds. The molecule has 0 bridgehead atoms. The van der Waals surface area contributed by atoms with E-state index in [4.69, 9.17) is 32.9 Å². The van der Waals surface area contributed by atoms with Crippen molar-refractivity contribution >= 4 is 29.0 Å². The number of rotatable bonds is 8. The van der Waals surface area contributed by atoms with E-state index in [-0.39, 0.29) is 30.0 Å². The Morgan fingerprint density at radius 1 is 1.31 bits per heavy atom. The second-order valence-electron chi connectivity index (χ2n) is 11.5. The number of carbonyl (C=O) groups excluding carboxylic acids is 1. The number of amides is 1. The summed E-state index contributed by atoms with van der Waals surface area (Å²) in [5, 5.41) is 10.2. The molecule has 0 N–H and O–H groups in total. The van der Waals surface area contributed by atoms with Crippen LogP contribution in [0.1, 0.15) is 30.5 Å². The first-order chi connectivity index (χ1) is 20.3. The number of fused-ring (bicyclic) bond motifs is 1. The van der Waals surface area contributed by atoms with Gasteiger partial charge in [0.25, 0.3) is 0 Å². The summed E-state index contributed by atoms with van der Waals surface area (Å²) in [4.78, 5) is 34.3. The van der Waals surface area contributed by atoms with Crippen LogP contribution in [0.25, 0.3) is 4.85 Å². The van der Waals surface area contributed by atoms with E-state index in [0.717, 1.165) is 55.0 Å². The quantitative estimate of drug-likeness (QED) is 0.339. The van der Waals surface area contributed by atoms with Gasteiger partial charge in [-0.25, -0.2) is 6.57 Å². The minimum absolute atomic E-state index is 0.00847. The third-order valence-corrected chi connectivity index (χ3v) is 9.26. The van der Waals surface area contributed by atoms with Crippen LogP contribution in [0.3, 0.4) is 0 Å². The molecule has 0 spiro atoms. The largest absolute Gasteiger partial charge is 0.461 e. The number of piperazine rings is 1. The summed E-state index contributed by atoms with van der Waals surface area (Å²) in [7, 11) is 4.07. The van der Waals surface area contributed by atoms with E-state index < -0.39 is 0 Å². The molecule has 1 aliphatic carbocycles. The Morgan fingerprint density at radius 2 is 2.12 bits per heavy atom. The van der Waals surface area contributed by atoms with E-state index in [1.165, 1.54) is 6.08 Å². The molecule has 220 valence electrons. The summed E-state index contributed by atoms with van der Waals surface area (Å²) in [6.07, 6.45) is 4.49. The van der Waals surface area contributed by atoms with Gasteiger partial charge in [0.15, 0.2) is 0 Å². The number of hydrogen-bond donors (Lipinski definition) is 0. The zero-order valence-electron chi connectivity index (χ0n) is 24.3. The molecular weight excluding hydrogens is 552 g/mol. The van der Waals surface area contributed by atoms with Gasteiger partial charge in [-0.05, 0) is 58.0 Å². The van der Waals surface area contributed by atoms with Gasteiger partial charge in [0.2, 0.25) is 12.5 Å². The van der Waals surface area contributed by atoms with Crippen molar-refractivity contribution in [2.45, 2.75) is 43.8 Å². The van der Waals surface area contributed by atoms with Crippen LogP contribution in [0.5, 0.6) is 6.01 Å². The summed E-state index contributed by atoms with van der Waals surface area (Å²) in [6.45, 7) is 14.6. The molecule has 2 aromatic rings. The molecule has 5 rings (SSSR count). The third kappa shape index (κ3) is 5.88. The third-order valence-electron chi connectivity index (χ3n) is 8.94. The van der Waals surface area contributed by atoms with Crippen molar-refractivity contribution in [1.82, 2.24) is 19.8 Å². The van der Waals surface area contributed by atoms with E-state index in [1.54, 1.807) is 4.90 Å². The first-order valence-electron chi connectivity index (χ1n) is 14.4. The molecule has 2 fully saturated rings. The topological polar surface area (TPSA) is 93.2 Å². The summed E-state index contributed by atoms with van der Waals surface area (Å²) in [5.41, 5.74) is 2.64. The van der Waals surface area contributed by atoms with Gasteiger partial charge >= 0.3 is 6.01 Å². The average molecular weight is 589 g/mol. The predicted octanol–water partition coefficient (Wildman–Crippen LogP) is 3.82. The number of ether oxygens (including phenoxy) is 1. The van der Waals surface area contributed by atoms with Gasteiger partial charge in [-0.2, -0.15) is 15.2 Å². The van der Waals surface area contributed by atoms with Gasteiger partial charge in [0.05, 0.1) is 34.6 Å². The van der Waals surface area contributed by atoms with E-state index in [1.807, 2.05) is 38.4 Å². The van der Waals surface area contributed by atoms with Crippen LogP contribution in [0.2, 0.25) is 5.02 Å². The summed E-state index contributed by atoms with van der Waals surface area (Å²) in [6, 6.07) is 10.3. The molecular formula is C31H37ClN8O2. The van der Waals surface area contributed by atoms with Crippen LogP contribution >= 0.6 is 11.6 Å². The SMILES string of the molecule is [C-]#[N+]C[C@H]1CN(c2nc(OCC3(N(C)C)CCC(C#N)C3)nc3c2CCN(c2ccccc2Cl)C3)CCN1C(=O)C=C. The Kier molecular flexibility index (Phi) is 8.86. The highest BCUT2D eigenvalue weighted by atomic mass is 35.5. The molecule has 2 unspecified atom stereocenters. The Hall–Kier alpha value is -3.86. The zero-order valence-corrected chi connectivity index (χ0v) is 25.1. The monoisotopic (exact) mass is 588 g/mol. The normalized spacial score (nSPS) is 23.7. The van der Waals surface area contributed by atoms with Gasteiger partial charge in [-0.3, -0.25) is 4.79 Å². The van der Waals surface area contributed by atoms with Crippen LogP contribution in [-0.4, -0.2) is 90.7 Å². The molecule has 42 heavy (non-hydrogen) atoms. The number of para-hydroxylation sites is 1. The molecule has 10 nitrogen and oxygen atoms in total. The first kappa shape index (κ1) is 29.6. The second-order valence-corrected chi connectivity index (χ2v) is 11.9. The summed E-state index contributed by atoms with van der Waals surface area (Å²) >= 11 is 6.56. The highest BCUT2D eigenvalue weighted by Gasteiger charge is 2.42. The standard InChI is InChI=1S/C31H37ClN8O2/c1-5-28(41)40-15-14-39(19-23(40)18-34-2)29-24-11-13-38(27-9-7-6-8-25(27)32)20-26(24)35-30(36-29)42-21-31(37(3)4)12-10-22(16-31)17-33/h5-9,22-23H,1,10-16,18-21H2,3-4H3/t22?,23-,31?/m0/s1. The van der Waals surface area contributed by atoms with Gasteiger partial charge in [0.1, 0.15) is 18.5 Å². The number of anilines is 2. The molecule has 0 radical (unpaired) electrons. The maximum absolute atomic E-state index is 12.5. The maximum Gasteiger partial charge on any atom is 0.318 e. The van der Waals surface area contributed by atoms with Gasteiger partial charge in [-0.15, -0.1) is 0 Å². The first-order valence-corrected chi connectivity index (χ1v) is 14.8. The fourth-order valence-corrected chi connectivity index (χ4v) is 6.68. The highest BCUT2D eigenvalue weighted by molar-refractivity contribution is 6.33. The Morgan fingerprint density at radius 3 is 2.81 bits per heavy atom. The van der Waals surface area contributed by atoms with Gasteiger partial charge in [-0.1, -0.05) is 30.3 Å². The molecule has 3 aliphatic rings. The van der Waals surface area contributed by atoms with Crippen molar-refractivity contribution in [2.75, 3.05) is 63.2 Å². The second kappa shape index (κ2) is 12.6. The number of aromatic nitrogens is 2. The van der Waals surface area contributed by atoms with Crippen molar-refractivity contribution in [3.05, 3.63) is 64.6 Å². The van der Waals surface area contributed by atoms with Crippen LogP contribution in [0, 0.1) is 23.8 Å². The molecule has 2 aliphatic heterocycles. The minimum atomic E-state index is -0.265. The molecule has 3 heterocycles. The molecule has 3 atom stereocenters. The van der Waals surface area contributed by atoms with E-state index >= 15 is 0 Å². The fraction of sp³-hybridized carbons (Fsp3) is 0.516. The Bertz CT molecular complexity index is 1420. The smallest absolute Gasteiger partial charge is 0.318 e. The lowest BCUT2D eigenvalue weighted by Crippen LogP contribution is -2.56. The van der Waals surface area contributed by atoms with Crippen LogP contribution in [-0.2, 0) is 17.8 Å². The van der Waals surface area contributed by atoms with E-state index in [0.29, 0.717) is 43.8 Å². The Balaban J connectivity index is 1.47. The lowest BCUT2D eigenvalue weighted by Gasteiger charge is -2.41. The van der Waals surface area contributed by atoms with E-state index in [2.05, 4.69) is 32.2 Å². The summed E-state index contributed by atoms with van der Waals surface area (Å²) in [5.74, 6) is 0.650. The van der Waals surface area contributed by atoms with Crippen molar-refractivity contribution in [3.8, 4) is 12.1 Å². The number of nitriles is 1. The molecule has 1 saturated carbocycles. The van der Waals surface area contributed by atoms with Crippen molar-refractivity contribution < 1.29 is 9.53 Å². The maximum atomic E-state index is 12.5. The van der Waals surface area contributed by atoms with Crippen LogP contribution in [0.15, 0.2) is 36.9 Å². The number of benzene rings is 1. The number of halogens is 1. The Labute approximate surface area is 252 Å². The van der Waals surface area contributed by atoms with Gasteiger partial charge in [0, 0.05) is 37.7 Å². The van der Waals surface area contributed by atoms with Crippen LogP contribution < -0.4 is 14.5 Å². The van der Waals surface area contributed by atoms with Crippen molar-refractivity contribution in [1.29, 1.82) is 5.26 Å². The lowest BCUT2D eigenvalue weighted by atomic mass is 9.96. The molecule has 1 aromatic heterocycles. The average Bonchev–Trinajstić information content (AvgIpc) is 3.44. The number of carbonyl (C=O) groups is 1.